The van der Waals surface area contributed by atoms with Gasteiger partial charge in [-0.3, -0.25) is 14.5 Å². The van der Waals surface area contributed by atoms with Gasteiger partial charge in [-0.25, -0.2) is 0 Å². The molecule has 0 saturated carbocycles. The third-order valence-corrected chi connectivity index (χ3v) is 4.44. The van der Waals surface area contributed by atoms with Crippen LogP contribution >= 0.6 is 0 Å². The summed E-state index contributed by atoms with van der Waals surface area (Å²) in [4.78, 5) is 27.7. The Morgan fingerprint density at radius 2 is 1.28 bits per heavy atom. The largest absolute Gasteiger partial charge is 0.369 e. The van der Waals surface area contributed by atoms with Crippen LogP contribution in [0.3, 0.4) is 0 Å². The van der Waals surface area contributed by atoms with Gasteiger partial charge in [-0.05, 0) is 24.3 Å². The molecular weight excluding hydrogens is 314 g/mol. The van der Waals surface area contributed by atoms with E-state index < -0.39 is 17.3 Å². The van der Waals surface area contributed by atoms with E-state index in [1.54, 1.807) is 66.7 Å². The summed E-state index contributed by atoms with van der Waals surface area (Å²) in [6.45, 7) is 0. The highest BCUT2D eigenvalue weighted by molar-refractivity contribution is 6.29. The molecule has 1 atom stereocenters. The first-order valence-corrected chi connectivity index (χ1v) is 7.95. The Balaban J connectivity index is 1.99. The minimum atomic E-state index is -2.24. The van der Waals surface area contributed by atoms with Crippen LogP contribution in [0, 0.1) is 0 Å². The third-order valence-electron chi connectivity index (χ3n) is 4.44. The molecule has 1 aliphatic rings. The fraction of sp³-hybridized carbons (Fsp3) is 0.0476. The zero-order valence-electron chi connectivity index (χ0n) is 13.3. The highest BCUT2D eigenvalue weighted by Gasteiger charge is 2.53. The Labute approximate surface area is 145 Å². The Morgan fingerprint density at radius 1 is 0.720 bits per heavy atom. The molecule has 0 bridgehead atoms. The molecule has 3 aromatic carbocycles. The fourth-order valence-electron chi connectivity index (χ4n) is 3.19. The molecule has 4 heteroatoms. The van der Waals surface area contributed by atoms with Gasteiger partial charge in [0, 0.05) is 16.8 Å². The zero-order chi connectivity index (χ0) is 17.4. The predicted octanol–water partition coefficient (Wildman–Crippen LogP) is 3.44. The van der Waals surface area contributed by atoms with E-state index in [2.05, 4.69) is 0 Å². The number of carbonyl (C=O) groups excluding carboxylic acids is 2. The number of carbonyl (C=O) groups is 2. The molecule has 1 heterocycles. The van der Waals surface area contributed by atoms with Gasteiger partial charge in [0.05, 0.1) is 5.69 Å². The molecule has 4 nitrogen and oxygen atoms in total. The lowest BCUT2D eigenvalue weighted by Gasteiger charge is -2.38. The van der Waals surface area contributed by atoms with Crippen LogP contribution in [0.15, 0.2) is 84.9 Å². The molecule has 25 heavy (non-hydrogen) atoms. The number of amides is 1. The number of para-hydroxylation sites is 2. The third kappa shape index (κ3) is 2.19. The maximum atomic E-state index is 13.3. The van der Waals surface area contributed by atoms with Crippen molar-refractivity contribution >= 4 is 23.1 Å². The Bertz CT molecular complexity index is 953. The van der Waals surface area contributed by atoms with Gasteiger partial charge in [0.15, 0.2) is 0 Å². The van der Waals surface area contributed by atoms with Crippen molar-refractivity contribution in [3.8, 4) is 0 Å². The average Bonchev–Trinajstić information content (AvgIpc) is 2.68. The van der Waals surface area contributed by atoms with Crippen molar-refractivity contribution < 1.29 is 14.7 Å². The van der Waals surface area contributed by atoms with Crippen LogP contribution < -0.4 is 4.90 Å². The van der Waals surface area contributed by atoms with Crippen molar-refractivity contribution in [2.45, 2.75) is 5.60 Å². The van der Waals surface area contributed by atoms with Gasteiger partial charge >= 0.3 is 0 Å². The van der Waals surface area contributed by atoms with Crippen molar-refractivity contribution in [1.29, 1.82) is 0 Å². The highest BCUT2D eigenvalue weighted by atomic mass is 16.3. The number of Topliss-reactive ketones (excluding diaryl/α,β-unsaturated/α-hetero) is 1. The van der Waals surface area contributed by atoms with Gasteiger partial charge < -0.3 is 5.11 Å². The molecule has 0 radical (unpaired) electrons. The van der Waals surface area contributed by atoms with Crippen LogP contribution in [0.5, 0.6) is 0 Å². The predicted molar refractivity (Wildman–Crippen MR) is 94.7 cm³/mol. The molecule has 0 fully saturated rings. The molecular formula is C21H15NO3. The second-order valence-corrected chi connectivity index (χ2v) is 5.90. The average molecular weight is 329 g/mol. The number of ketones is 1. The molecule has 1 amide bonds. The van der Waals surface area contributed by atoms with Gasteiger partial charge in [0.1, 0.15) is 0 Å². The molecule has 3 aromatic rings. The van der Waals surface area contributed by atoms with Crippen LogP contribution in [0.2, 0.25) is 0 Å². The Hall–Kier alpha value is -3.24. The molecule has 1 aliphatic heterocycles. The lowest BCUT2D eigenvalue weighted by Crippen LogP contribution is -2.54. The minimum Gasteiger partial charge on any atom is -0.369 e. The zero-order valence-corrected chi connectivity index (χ0v) is 13.3. The van der Waals surface area contributed by atoms with Crippen LogP contribution in [-0.4, -0.2) is 16.8 Å². The van der Waals surface area contributed by atoms with E-state index in [4.69, 9.17) is 0 Å². The number of nitrogens with zero attached hydrogens (tertiary/aromatic N) is 1. The van der Waals surface area contributed by atoms with E-state index in [1.807, 2.05) is 18.2 Å². The first kappa shape index (κ1) is 15.3. The van der Waals surface area contributed by atoms with Crippen molar-refractivity contribution in [1.82, 2.24) is 0 Å². The maximum absolute atomic E-state index is 13.3. The standard InChI is InChI=1S/C21H15NO3/c23-19-17-13-7-8-14-18(17)22(16-11-5-2-6-12-16)20(24)21(19,25)15-9-3-1-4-10-15/h1-14,25H. The lowest BCUT2D eigenvalue weighted by molar-refractivity contribution is -0.132. The lowest BCUT2D eigenvalue weighted by atomic mass is 9.80. The van der Waals surface area contributed by atoms with E-state index >= 15 is 0 Å². The number of aliphatic hydroxyl groups is 1. The van der Waals surface area contributed by atoms with Crippen LogP contribution in [0.1, 0.15) is 15.9 Å². The second-order valence-electron chi connectivity index (χ2n) is 5.90. The molecule has 0 spiro atoms. The van der Waals surface area contributed by atoms with Crippen LogP contribution in [0.25, 0.3) is 0 Å². The summed E-state index contributed by atoms with van der Waals surface area (Å²) >= 11 is 0. The molecule has 1 N–H and O–H groups in total. The first-order chi connectivity index (χ1) is 12.1. The SMILES string of the molecule is O=C1c2ccccc2N(c2ccccc2)C(=O)C1(O)c1ccccc1. The van der Waals surface area contributed by atoms with Gasteiger partial charge in [-0.1, -0.05) is 60.7 Å². The van der Waals surface area contributed by atoms with E-state index in [9.17, 15) is 14.7 Å². The van der Waals surface area contributed by atoms with Crippen molar-refractivity contribution in [3.63, 3.8) is 0 Å². The second kappa shape index (κ2) is 5.69. The summed E-state index contributed by atoms with van der Waals surface area (Å²) in [7, 11) is 0. The van der Waals surface area contributed by atoms with Crippen molar-refractivity contribution in [2.75, 3.05) is 4.90 Å². The number of hydrogen-bond acceptors (Lipinski definition) is 3. The normalized spacial score (nSPS) is 19.6. The van der Waals surface area contributed by atoms with Gasteiger partial charge in [-0.2, -0.15) is 0 Å². The summed E-state index contributed by atoms with van der Waals surface area (Å²) in [5.74, 6) is -1.28. The number of fused-ring (bicyclic) bond motifs is 1. The van der Waals surface area contributed by atoms with Crippen molar-refractivity contribution in [3.05, 3.63) is 96.1 Å². The molecule has 1 unspecified atom stereocenters. The topological polar surface area (TPSA) is 57.6 Å². The monoisotopic (exact) mass is 329 g/mol. The molecule has 122 valence electrons. The van der Waals surface area contributed by atoms with Crippen LogP contribution in [0.4, 0.5) is 11.4 Å². The molecule has 0 aromatic heterocycles. The summed E-state index contributed by atoms with van der Waals surface area (Å²) in [6.07, 6.45) is 0. The quantitative estimate of drug-likeness (QED) is 0.733. The summed E-state index contributed by atoms with van der Waals surface area (Å²) in [6, 6.07) is 24.2. The smallest absolute Gasteiger partial charge is 0.276 e. The van der Waals surface area contributed by atoms with Gasteiger partial charge in [0.2, 0.25) is 11.4 Å². The first-order valence-electron chi connectivity index (χ1n) is 7.95. The van der Waals surface area contributed by atoms with Gasteiger partial charge in [-0.15, -0.1) is 0 Å². The van der Waals surface area contributed by atoms with E-state index in [-0.39, 0.29) is 5.56 Å². The number of anilines is 2. The number of hydrogen-bond donors (Lipinski definition) is 1. The molecule has 0 saturated heterocycles. The van der Waals surface area contributed by atoms with E-state index in [0.29, 0.717) is 16.9 Å². The number of benzene rings is 3. The Morgan fingerprint density at radius 3 is 1.96 bits per heavy atom. The minimum absolute atomic E-state index is 0.264. The maximum Gasteiger partial charge on any atom is 0.276 e. The molecule has 0 aliphatic carbocycles. The van der Waals surface area contributed by atoms with E-state index in [1.165, 1.54) is 4.90 Å². The van der Waals surface area contributed by atoms with Crippen LogP contribution in [-0.2, 0) is 10.4 Å². The Kier molecular flexibility index (Phi) is 3.48. The molecule has 4 rings (SSSR count). The summed E-state index contributed by atoms with van der Waals surface area (Å²) < 4.78 is 0. The summed E-state index contributed by atoms with van der Waals surface area (Å²) in [5.41, 5.74) is -0.588. The highest BCUT2D eigenvalue weighted by Crippen LogP contribution is 2.41. The van der Waals surface area contributed by atoms with Crippen molar-refractivity contribution in [2.24, 2.45) is 0 Å². The summed E-state index contributed by atoms with van der Waals surface area (Å²) in [5, 5.41) is 11.2. The van der Waals surface area contributed by atoms with E-state index in [0.717, 1.165) is 0 Å². The fourth-order valence-corrected chi connectivity index (χ4v) is 3.19. The number of rotatable bonds is 2. The van der Waals surface area contributed by atoms with Gasteiger partial charge in [0.25, 0.3) is 5.91 Å².